The number of rotatable bonds is 0. The molecule has 4 heteroatoms. The summed E-state index contributed by atoms with van der Waals surface area (Å²) < 4.78 is 0. The molecular formula is C4H7N3O. The van der Waals surface area contributed by atoms with Crippen LogP contribution in [0.4, 0.5) is 0 Å². The average Bonchev–Trinajstić information content (AvgIpc) is 1.77. The molecule has 0 aliphatic carbocycles. The quantitative estimate of drug-likeness (QED) is 0.357. The fraction of sp³-hybridized carbons (Fsp3) is 0.250. The number of nitrogens with one attached hydrogen (secondary N) is 2. The first-order chi connectivity index (χ1) is 3.80. The third-order valence-corrected chi connectivity index (χ3v) is 0.871. The summed E-state index contributed by atoms with van der Waals surface area (Å²) >= 11 is 0. The molecular weight excluding hydrogens is 106 g/mol. The van der Waals surface area contributed by atoms with Gasteiger partial charge in [0.25, 0.3) is 5.91 Å². The lowest BCUT2D eigenvalue weighted by Crippen LogP contribution is -2.40. The Labute approximate surface area is 46.7 Å². The highest BCUT2D eigenvalue weighted by atomic mass is 16.2. The predicted octanol–water partition coefficient (Wildman–Crippen LogP) is -1.54. The lowest BCUT2D eigenvalue weighted by molar-refractivity contribution is -0.118. The van der Waals surface area contributed by atoms with E-state index in [-0.39, 0.29) is 11.6 Å². The van der Waals surface area contributed by atoms with Gasteiger partial charge in [0.05, 0.1) is 6.67 Å². The van der Waals surface area contributed by atoms with Crippen LogP contribution in [0.1, 0.15) is 0 Å². The van der Waals surface area contributed by atoms with Crippen molar-refractivity contribution < 1.29 is 4.79 Å². The van der Waals surface area contributed by atoms with Gasteiger partial charge >= 0.3 is 0 Å². The van der Waals surface area contributed by atoms with Crippen molar-refractivity contribution in [2.45, 2.75) is 0 Å². The molecule has 4 nitrogen and oxygen atoms in total. The van der Waals surface area contributed by atoms with Crippen LogP contribution >= 0.6 is 0 Å². The minimum Gasteiger partial charge on any atom is -0.393 e. The zero-order valence-electron chi connectivity index (χ0n) is 4.27. The van der Waals surface area contributed by atoms with Gasteiger partial charge in [0.2, 0.25) is 0 Å². The van der Waals surface area contributed by atoms with Crippen molar-refractivity contribution in [3.63, 3.8) is 0 Å². The first-order valence-corrected chi connectivity index (χ1v) is 2.28. The van der Waals surface area contributed by atoms with Gasteiger partial charge in [0, 0.05) is 6.20 Å². The fourth-order valence-electron chi connectivity index (χ4n) is 0.460. The van der Waals surface area contributed by atoms with Crippen LogP contribution in [0.3, 0.4) is 0 Å². The average molecular weight is 113 g/mol. The molecule has 0 spiro atoms. The van der Waals surface area contributed by atoms with Crippen LogP contribution in [0.5, 0.6) is 0 Å². The minimum atomic E-state index is -0.205. The number of amides is 1. The van der Waals surface area contributed by atoms with Crippen LogP contribution in [0, 0.1) is 0 Å². The fourth-order valence-corrected chi connectivity index (χ4v) is 0.460. The Hall–Kier alpha value is -1.19. The van der Waals surface area contributed by atoms with Crippen LogP contribution in [0.15, 0.2) is 11.9 Å². The number of hydrogen-bond acceptors (Lipinski definition) is 3. The molecule has 44 valence electrons. The Bertz CT molecular complexity index is 140. The second-order valence-corrected chi connectivity index (χ2v) is 1.49. The van der Waals surface area contributed by atoms with Gasteiger partial charge < -0.3 is 16.4 Å². The van der Waals surface area contributed by atoms with E-state index in [1.165, 1.54) is 6.20 Å². The molecule has 0 fully saturated rings. The van der Waals surface area contributed by atoms with Gasteiger partial charge in [-0.1, -0.05) is 0 Å². The Morgan fingerprint density at radius 2 is 2.50 bits per heavy atom. The molecule has 1 aliphatic heterocycles. The van der Waals surface area contributed by atoms with Gasteiger partial charge in [-0.15, -0.1) is 0 Å². The second-order valence-electron chi connectivity index (χ2n) is 1.49. The Balaban J connectivity index is 2.67. The molecule has 0 aromatic carbocycles. The molecule has 0 saturated heterocycles. The summed E-state index contributed by atoms with van der Waals surface area (Å²) in [7, 11) is 0. The van der Waals surface area contributed by atoms with Crippen LogP contribution in [0.25, 0.3) is 0 Å². The lowest BCUT2D eigenvalue weighted by atomic mass is 10.4. The van der Waals surface area contributed by atoms with E-state index in [0.717, 1.165) is 0 Å². The number of hydrogen-bond donors (Lipinski definition) is 3. The highest BCUT2D eigenvalue weighted by Crippen LogP contribution is 1.83. The van der Waals surface area contributed by atoms with Crippen molar-refractivity contribution in [1.82, 2.24) is 10.6 Å². The summed E-state index contributed by atoms with van der Waals surface area (Å²) in [5, 5.41) is 5.23. The molecule has 0 bridgehead atoms. The highest BCUT2D eigenvalue weighted by Gasteiger charge is 2.05. The molecule has 0 unspecified atom stereocenters. The van der Waals surface area contributed by atoms with Gasteiger partial charge in [-0.2, -0.15) is 0 Å². The Kier molecular flexibility index (Phi) is 1.07. The third kappa shape index (κ3) is 0.726. The molecule has 4 N–H and O–H groups in total. The molecule has 0 atom stereocenters. The van der Waals surface area contributed by atoms with E-state index in [9.17, 15) is 4.79 Å². The number of carbonyl (C=O) groups is 1. The van der Waals surface area contributed by atoms with Gasteiger partial charge in [-0.3, -0.25) is 4.79 Å². The first kappa shape index (κ1) is 4.96. The monoisotopic (exact) mass is 113 g/mol. The van der Waals surface area contributed by atoms with Crippen LogP contribution in [-0.2, 0) is 4.79 Å². The SMILES string of the molecule is NC1=CNCNC1=O. The first-order valence-electron chi connectivity index (χ1n) is 2.28. The van der Waals surface area contributed by atoms with E-state index in [2.05, 4.69) is 10.6 Å². The summed E-state index contributed by atoms with van der Waals surface area (Å²) in [6.45, 7) is 0.472. The van der Waals surface area contributed by atoms with Crippen molar-refractivity contribution in [3.8, 4) is 0 Å². The van der Waals surface area contributed by atoms with Crippen LogP contribution in [0.2, 0.25) is 0 Å². The van der Waals surface area contributed by atoms with Crippen molar-refractivity contribution >= 4 is 5.91 Å². The maximum atomic E-state index is 10.4. The predicted molar refractivity (Wildman–Crippen MR) is 28.4 cm³/mol. The third-order valence-electron chi connectivity index (χ3n) is 0.871. The molecule has 0 aromatic rings. The zero-order chi connectivity index (χ0) is 5.98. The summed E-state index contributed by atoms with van der Waals surface area (Å²) in [6.07, 6.45) is 1.48. The van der Waals surface area contributed by atoms with E-state index in [4.69, 9.17) is 5.73 Å². The maximum absolute atomic E-state index is 10.4. The minimum absolute atomic E-state index is 0.205. The summed E-state index contributed by atoms with van der Waals surface area (Å²) in [5.41, 5.74) is 5.40. The maximum Gasteiger partial charge on any atom is 0.270 e. The second kappa shape index (κ2) is 1.73. The normalized spacial score (nSPS) is 18.5. The van der Waals surface area contributed by atoms with E-state index in [0.29, 0.717) is 6.67 Å². The van der Waals surface area contributed by atoms with Gasteiger partial charge in [-0.05, 0) is 0 Å². The molecule has 8 heavy (non-hydrogen) atoms. The Morgan fingerprint density at radius 1 is 1.75 bits per heavy atom. The summed E-state index contributed by atoms with van der Waals surface area (Å²) in [5.74, 6) is -0.205. The van der Waals surface area contributed by atoms with E-state index in [1.54, 1.807) is 0 Å². The molecule has 1 amide bonds. The van der Waals surface area contributed by atoms with E-state index >= 15 is 0 Å². The number of nitrogens with two attached hydrogens (primary N) is 1. The van der Waals surface area contributed by atoms with Gasteiger partial charge in [0.1, 0.15) is 5.70 Å². The van der Waals surface area contributed by atoms with Gasteiger partial charge in [0.15, 0.2) is 0 Å². The van der Waals surface area contributed by atoms with Crippen LogP contribution < -0.4 is 16.4 Å². The van der Waals surface area contributed by atoms with E-state index < -0.39 is 0 Å². The van der Waals surface area contributed by atoms with Crippen molar-refractivity contribution in [3.05, 3.63) is 11.9 Å². The topological polar surface area (TPSA) is 67.2 Å². The molecule has 0 aromatic heterocycles. The summed E-state index contributed by atoms with van der Waals surface area (Å²) in [4.78, 5) is 10.4. The van der Waals surface area contributed by atoms with Crippen molar-refractivity contribution in [1.29, 1.82) is 0 Å². The van der Waals surface area contributed by atoms with Gasteiger partial charge in [-0.25, -0.2) is 0 Å². The van der Waals surface area contributed by atoms with Crippen LogP contribution in [-0.4, -0.2) is 12.6 Å². The zero-order valence-corrected chi connectivity index (χ0v) is 4.27. The number of carbonyl (C=O) groups excluding carboxylic acids is 1. The summed E-state index contributed by atoms with van der Waals surface area (Å²) in [6, 6.07) is 0. The Morgan fingerprint density at radius 3 is 2.88 bits per heavy atom. The molecule has 0 saturated carbocycles. The smallest absolute Gasteiger partial charge is 0.270 e. The molecule has 1 heterocycles. The van der Waals surface area contributed by atoms with Crippen molar-refractivity contribution in [2.24, 2.45) is 5.73 Å². The largest absolute Gasteiger partial charge is 0.393 e. The lowest BCUT2D eigenvalue weighted by Gasteiger charge is -2.10. The highest BCUT2D eigenvalue weighted by molar-refractivity contribution is 5.92. The molecule has 1 rings (SSSR count). The molecule has 1 aliphatic rings. The standard InChI is InChI=1S/C4H7N3O/c5-3-1-6-2-7-4(3)8/h1,6H,2,5H2,(H,7,8). The van der Waals surface area contributed by atoms with Crippen molar-refractivity contribution in [2.75, 3.05) is 6.67 Å². The van der Waals surface area contributed by atoms with E-state index in [1.807, 2.05) is 0 Å². The molecule has 0 radical (unpaired) electrons.